The van der Waals surface area contributed by atoms with Gasteiger partial charge in [-0.1, -0.05) is 24.3 Å². The number of fused-ring (bicyclic) bond motifs is 1. The Morgan fingerprint density at radius 2 is 1.57 bits per heavy atom. The Morgan fingerprint density at radius 1 is 0.900 bits per heavy atom. The summed E-state index contributed by atoms with van der Waals surface area (Å²) in [6.45, 7) is 4.06. The van der Waals surface area contributed by atoms with E-state index in [1.54, 1.807) is 19.2 Å². The molecule has 0 amide bonds. The Labute approximate surface area is 178 Å². The van der Waals surface area contributed by atoms with Gasteiger partial charge in [0.05, 0.1) is 12.0 Å². The monoisotopic (exact) mass is 424 g/mol. The van der Waals surface area contributed by atoms with E-state index in [4.69, 9.17) is 4.74 Å². The number of rotatable bonds is 6. The van der Waals surface area contributed by atoms with Crippen LogP contribution < -0.4 is 14.4 Å². The lowest BCUT2D eigenvalue weighted by molar-refractivity contribution is 0.415. The number of benzene rings is 3. The smallest absolute Gasteiger partial charge is 0.241 e. The van der Waals surface area contributed by atoms with Crippen LogP contribution in [0, 0.1) is 0 Å². The van der Waals surface area contributed by atoms with Gasteiger partial charge in [-0.3, -0.25) is 0 Å². The summed E-state index contributed by atoms with van der Waals surface area (Å²) >= 11 is 0. The molecule has 0 aromatic heterocycles. The zero-order valence-corrected chi connectivity index (χ0v) is 18.3. The molecule has 6 heteroatoms. The van der Waals surface area contributed by atoms with E-state index in [9.17, 15) is 8.42 Å². The summed E-state index contributed by atoms with van der Waals surface area (Å²) in [5.41, 5.74) is 2.16. The number of nitrogens with one attached hydrogen (secondary N) is 1. The van der Waals surface area contributed by atoms with E-state index in [0.29, 0.717) is 0 Å². The van der Waals surface area contributed by atoms with Crippen molar-refractivity contribution in [3.05, 3.63) is 66.2 Å². The molecule has 0 unspecified atom stereocenters. The van der Waals surface area contributed by atoms with E-state index in [1.165, 1.54) is 24.9 Å². The molecule has 1 N–H and O–H groups in total. The maximum Gasteiger partial charge on any atom is 0.241 e. The van der Waals surface area contributed by atoms with Gasteiger partial charge >= 0.3 is 0 Å². The first kappa shape index (κ1) is 20.7. The molecule has 0 aliphatic carbocycles. The molecule has 5 nitrogen and oxygen atoms in total. The summed E-state index contributed by atoms with van der Waals surface area (Å²) in [4.78, 5) is 2.66. The van der Waals surface area contributed by atoms with Crippen LogP contribution in [0.5, 0.6) is 5.75 Å². The zero-order chi connectivity index (χ0) is 21.1. The first-order valence-corrected chi connectivity index (χ1v) is 11.9. The third kappa shape index (κ3) is 4.45. The zero-order valence-electron chi connectivity index (χ0n) is 17.5. The van der Waals surface area contributed by atoms with Gasteiger partial charge in [-0.2, -0.15) is 0 Å². The van der Waals surface area contributed by atoms with Crippen LogP contribution in [0.3, 0.4) is 0 Å². The van der Waals surface area contributed by atoms with Crippen LogP contribution in [-0.2, 0) is 10.0 Å². The first-order chi connectivity index (χ1) is 14.5. The van der Waals surface area contributed by atoms with Crippen LogP contribution >= 0.6 is 0 Å². The highest BCUT2D eigenvalue weighted by Gasteiger charge is 2.19. The maximum absolute atomic E-state index is 13.0. The standard InChI is InChI=1S/C24H28N2O3S/c1-18(19-6-10-22(11-7-19)26-14-4-3-5-15-26)25-30(27,28)24-13-9-20-16-23(29-2)12-8-21(20)17-24/h6-13,16-18,25H,3-5,14-15H2,1-2H3/t18-/m0/s1. The van der Waals surface area contributed by atoms with Crippen molar-refractivity contribution in [3.63, 3.8) is 0 Å². The van der Waals surface area contributed by atoms with Crippen molar-refractivity contribution in [3.8, 4) is 5.75 Å². The molecule has 4 rings (SSSR count). The number of methoxy groups -OCH3 is 1. The molecule has 1 aliphatic rings. The van der Waals surface area contributed by atoms with Gasteiger partial charge in [-0.15, -0.1) is 0 Å². The molecule has 158 valence electrons. The summed E-state index contributed by atoms with van der Waals surface area (Å²) in [6.07, 6.45) is 3.77. The van der Waals surface area contributed by atoms with E-state index in [-0.39, 0.29) is 10.9 Å². The second-order valence-electron chi connectivity index (χ2n) is 7.86. The average molecular weight is 425 g/mol. The molecular formula is C24H28N2O3S. The van der Waals surface area contributed by atoms with E-state index >= 15 is 0 Å². The van der Waals surface area contributed by atoms with Crippen LogP contribution in [0.2, 0.25) is 0 Å². The van der Waals surface area contributed by atoms with Crippen molar-refractivity contribution in [2.75, 3.05) is 25.1 Å². The van der Waals surface area contributed by atoms with Crippen LogP contribution in [0.15, 0.2) is 65.6 Å². The van der Waals surface area contributed by atoms with Gasteiger partial charge in [0.2, 0.25) is 10.0 Å². The van der Waals surface area contributed by atoms with Gasteiger partial charge < -0.3 is 9.64 Å². The number of nitrogens with zero attached hydrogens (tertiary/aromatic N) is 1. The number of anilines is 1. The molecule has 1 fully saturated rings. The Hall–Kier alpha value is -2.57. The largest absolute Gasteiger partial charge is 0.497 e. The van der Waals surface area contributed by atoms with Crippen molar-refractivity contribution in [1.82, 2.24) is 4.72 Å². The summed E-state index contributed by atoms with van der Waals surface area (Å²) in [5.74, 6) is 0.748. The molecule has 1 saturated heterocycles. The van der Waals surface area contributed by atoms with Crippen molar-refractivity contribution in [2.45, 2.75) is 37.1 Å². The molecule has 1 aliphatic heterocycles. The van der Waals surface area contributed by atoms with Crippen molar-refractivity contribution in [2.24, 2.45) is 0 Å². The fourth-order valence-electron chi connectivity index (χ4n) is 3.99. The van der Waals surface area contributed by atoms with E-state index in [1.807, 2.05) is 43.3 Å². The number of ether oxygens (including phenoxy) is 1. The fraction of sp³-hybridized carbons (Fsp3) is 0.333. The molecule has 30 heavy (non-hydrogen) atoms. The highest BCUT2D eigenvalue weighted by atomic mass is 32.2. The normalized spacial score (nSPS) is 15.9. The van der Waals surface area contributed by atoms with Gasteiger partial charge in [0.25, 0.3) is 0 Å². The molecular weight excluding hydrogens is 396 g/mol. The van der Waals surface area contributed by atoms with Crippen LogP contribution in [0.25, 0.3) is 10.8 Å². The third-order valence-electron chi connectivity index (χ3n) is 5.78. The molecule has 0 bridgehead atoms. The molecule has 0 spiro atoms. The molecule has 1 heterocycles. The van der Waals surface area contributed by atoms with Crippen LogP contribution in [0.1, 0.15) is 37.8 Å². The van der Waals surface area contributed by atoms with Crippen LogP contribution in [0.4, 0.5) is 5.69 Å². The SMILES string of the molecule is COc1ccc2cc(S(=O)(=O)N[C@@H](C)c3ccc(N4CCCCC4)cc3)ccc2c1. The van der Waals surface area contributed by atoms with E-state index in [0.717, 1.165) is 35.2 Å². The van der Waals surface area contributed by atoms with Crippen LogP contribution in [-0.4, -0.2) is 28.6 Å². The van der Waals surface area contributed by atoms with E-state index in [2.05, 4.69) is 21.8 Å². The topological polar surface area (TPSA) is 58.6 Å². The van der Waals surface area contributed by atoms with Crippen molar-refractivity contribution < 1.29 is 13.2 Å². The molecule has 3 aromatic rings. The molecule has 0 radical (unpaired) electrons. The molecule has 0 saturated carbocycles. The summed E-state index contributed by atoms with van der Waals surface area (Å²) < 4.78 is 33.9. The highest BCUT2D eigenvalue weighted by Crippen LogP contribution is 2.26. The Morgan fingerprint density at radius 3 is 2.27 bits per heavy atom. The predicted octanol–water partition coefficient (Wildman–Crippen LogP) is 4.88. The van der Waals surface area contributed by atoms with Gasteiger partial charge in [0, 0.05) is 24.8 Å². The number of piperidine rings is 1. The summed E-state index contributed by atoms with van der Waals surface area (Å²) in [5, 5.41) is 1.80. The summed E-state index contributed by atoms with van der Waals surface area (Å²) in [7, 11) is -2.02. The lowest BCUT2D eigenvalue weighted by Gasteiger charge is -2.29. The molecule has 1 atom stereocenters. The third-order valence-corrected chi connectivity index (χ3v) is 7.31. The quantitative estimate of drug-likeness (QED) is 0.613. The highest BCUT2D eigenvalue weighted by molar-refractivity contribution is 7.89. The summed E-state index contributed by atoms with van der Waals surface area (Å²) in [6, 6.07) is 18.6. The van der Waals surface area contributed by atoms with Gasteiger partial charge in [0.1, 0.15) is 5.75 Å². The van der Waals surface area contributed by atoms with Gasteiger partial charge in [-0.05, 0) is 78.9 Å². The lowest BCUT2D eigenvalue weighted by Crippen LogP contribution is -2.29. The molecule has 3 aromatic carbocycles. The fourth-order valence-corrected chi connectivity index (χ4v) is 5.26. The Bertz CT molecular complexity index is 1120. The number of hydrogen-bond donors (Lipinski definition) is 1. The van der Waals surface area contributed by atoms with Gasteiger partial charge in [0.15, 0.2) is 0 Å². The second kappa shape index (κ2) is 8.66. The Balaban J connectivity index is 1.50. The minimum Gasteiger partial charge on any atom is -0.497 e. The van der Waals surface area contributed by atoms with Crippen molar-refractivity contribution in [1.29, 1.82) is 0 Å². The maximum atomic E-state index is 13.0. The lowest BCUT2D eigenvalue weighted by atomic mass is 10.1. The number of sulfonamides is 1. The minimum absolute atomic E-state index is 0.261. The minimum atomic E-state index is -3.64. The van der Waals surface area contributed by atoms with Gasteiger partial charge in [-0.25, -0.2) is 13.1 Å². The predicted molar refractivity (Wildman–Crippen MR) is 122 cm³/mol. The Kier molecular flexibility index (Phi) is 5.97. The average Bonchev–Trinajstić information content (AvgIpc) is 2.78. The number of hydrogen-bond acceptors (Lipinski definition) is 4. The second-order valence-corrected chi connectivity index (χ2v) is 9.57. The van der Waals surface area contributed by atoms with E-state index < -0.39 is 10.0 Å². The first-order valence-electron chi connectivity index (χ1n) is 10.4. The van der Waals surface area contributed by atoms with Crippen molar-refractivity contribution >= 4 is 26.5 Å².